The number of ether oxygens (including phenoxy) is 1. The van der Waals surface area contributed by atoms with Crippen LogP contribution in [0, 0.1) is 17.0 Å². The number of rotatable bonds is 5. The van der Waals surface area contributed by atoms with Gasteiger partial charge in [-0.3, -0.25) is 10.1 Å². The highest BCUT2D eigenvalue weighted by molar-refractivity contribution is 5.86. The number of nitro groups is 1. The third-order valence-corrected chi connectivity index (χ3v) is 2.85. The van der Waals surface area contributed by atoms with Crippen molar-refractivity contribution in [2.45, 2.75) is 13.5 Å². The molecule has 7 nitrogen and oxygen atoms in total. The first kappa shape index (κ1) is 14.6. The Balaban J connectivity index is 2.13. The lowest BCUT2D eigenvalue weighted by atomic mass is 10.2. The number of methoxy groups -OCH3 is 1. The Kier molecular flexibility index (Phi) is 4.22. The molecule has 0 amide bonds. The van der Waals surface area contributed by atoms with Crippen LogP contribution in [0.2, 0.25) is 0 Å². The van der Waals surface area contributed by atoms with E-state index in [0.717, 1.165) is 5.56 Å². The van der Waals surface area contributed by atoms with Crippen molar-refractivity contribution in [2.75, 3.05) is 12.4 Å². The van der Waals surface area contributed by atoms with Crippen molar-refractivity contribution in [1.82, 2.24) is 0 Å². The van der Waals surface area contributed by atoms with Crippen molar-refractivity contribution in [3.8, 4) is 0 Å². The summed E-state index contributed by atoms with van der Waals surface area (Å²) in [6.07, 6.45) is 0. The molecule has 1 N–H and O–H groups in total. The van der Waals surface area contributed by atoms with Gasteiger partial charge in [0.25, 0.3) is 5.69 Å². The largest absolute Gasteiger partial charge is 0.463 e. The van der Waals surface area contributed by atoms with Crippen molar-refractivity contribution in [2.24, 2.45) is 0 Å². The summed E-state index contributed by atoms with van der Waals surface area (Å²) < 4.78 is 9.82. The number of carbonyl (C=O) groups excluding carboxylic acids is 1. The molecule has 0 spiro atoms. The topological polar surface area (TPSA) is 94.6 Å². The summed E-state index contributed by atoms with van der Waals surface area (Å²) in [6, 6.07) is 7.90. The third kappa shape index (κ3) is 3.38. The maximum atomic E-state index is 11.3. The first-order valence-corrected chi connectivity index (χ1v) is 6.17. The summed E-state index contributed by atoms with van der Waals surface area (Å²) in [5.41, 5.74) is 1.29. The van der Waals surface area contributed by atoms with Crippen LogP contribution in [0.15, 0.2) is 34.7 Å². The van der Waals surface area contributed by atoms with E-state index in [1.807, 2.05) is 6.92 Å². The molecule has 0 unspecified atom stereocenters. The summed E-state index contributed by atoms with van der Waals surface area (Å²) in [7, 11) is 1.26. The number of hydrogen-bond acceptors (Lipinski definition) is 6. The van der Waals surface area contributed by atoms with Gasteiger partial charge >= 0.3 is 5.97 Å². The normalized spacial score (nSPS) is 10.2. The maximum absolute atomic E-state index is 11.3. The number of furan rings is 1. The minimum Gasteiger partial charge on any atom is -0.463 e. The van der Waals surface area contributed by atoms with Gasteiger partial charge in [0.05, 0.1) is 18.6 Å². The number of nitro benzene ring substituents is 1. The molecule has 21 heavy (non-hydrogen) atoms. The van der Waals surface area contributed by atoms with Crippen LogP contribution in [0.4, 0.5) is 11.4 Å². The van der Waals surface area contributed by atoms with Crippen LogP contribution >= 0.6 is 0 Å². The second-order valence-electron chi connectivity index (χ2n) is 4.39. The van der Waals surface area contributed by atoms with Crippen molar-refractivity contribution < 1.29 is 18.9 Å². The zero-order valence-corrected chi connectivity index (χ0v) is 11.6. The summed E-state index contributed by atoms with van der Waals surface area (Å²) in [6.45, 7) is 2.07. The Hall–Kier alpha value is -2.83. The van der Waals surface area contributed by atoms with Crippen LogP contribution in [-0.4, -0.2) is 18.0 Å². The zero-order valence-electron chi connectivity index (χ0n) is 11.6. The zero-order chi connectivity index (χ0) is 15.4. The predicted octanol–water partition coefficient (Wildman–Crippen LogP) is 2.89. The summed E-state index contributed by atoms with van der Waals surface area (Å²) in [4.78, 5) is 21.8. The number of nitrogens with zero attached hydrogens (tertiary/aromatic N) is 1. The molecule has 2 aromatic rings. The van der Waals surface area contributed by atoms with Gasteiger partial charge in [0.2, 0.25) is 5.76 Å². The van der Waals surface area contributed by atoms with E-state index >= 15 is 0 Å². The predicted molar refractivity (Wildman–Crippen MR) is 75.2 cm³/mol. The molecule has 0 aliphatic rings. The molecule has 7 heteroatoms. The molecule has 0 aliphatic carbocycles. The molecule has 1 heterocycles. The minimum absolute atomic E-state index is 0.0136. The first-order chi connectivity index (χ1) is 10.0. The van der Waals surface area contributed by atoms with Gasteiger partial charge in [-0.1, -0.05) is 6.07 Å². The van der Waals surface area contributed by atoms with E-state index in [1.165, 1.54) is 19.2 Å². The Morgan fingerprint density at radius 1 is 1.38 bits per heavy atom. The summed E-state index contributed by atoms with van der Waals surface area (Å²) >= 11 is 0. The quantitative estimate of drug-likeness (QED) is 0.517. The molecule has 2 rings (SSSR count). The second-order valence-corrected chi connectivity index (χ2v) is 4.39. The third-order valence-electron chi connectivity index (χ3n) is 2.85. The Morgan fingerprint density at radius 3 is 2.81 bits per heavy atom. The van der Waals surface area contributed by atoms with Gasteiger partial charge in [-0.2, -0.15) is 0 Å². The molecule has 0 atom stereocenters. The standard InChI is InChI=1S/C14H14N2O5/c1-9-3-5-12(16(18)19)11(7-9)15-8-10-4-6-13(21-10)14(17)20-2/h3-7,15H,8H2,1-2H3. The van der Waals surface area contributed by atoms with Gasteiger partial charge in [-0.15, -0.1) is 0 Å². The Bertz CT molecular complexity index is 678. The van der Waals surface area contributed by atoms with Gasteiger partial charge in [0.1, 0.15) is 11.4 Å². The number of hydrogen-bond donors (Lipinski definition) is 1. The molecule has 110 valence electrons. The average molecular weight is 290 g/mol. The molecule has 0 saturated carbocycles. The molecule has 1 aromatic heterocycles. The number of anilines is 1. The van der Waals surface area contributed by atoms with Crippen LogP contribution in [0.5, 0.6) is 0 Å². The lowest BCUT2D eigenvalue weighted by molar-refractivity contribution is -0.384. The lowest BCUT2D eigenvalue weighted by Gasteiger charge is -2.06. The van der Waals surface area contributed by atoms with Crippen LogP contribution in [-0.2, 0) is 11.3 Å². The van der Waals surface area contributed by atoms with Crippen LogP contribution in [0.1, 0.15) is 21.9 Å². The second kappa shape index (κ2) is 6.08. The highest BCUT2D eigenvalue weighted by Crippen LogP contribution is 2.26. The van der Waals surface area contributed by atoms with Gasteiger partial charge < -0.3 is 14.5 Å². The van der Waals surface area contributed by atoms with E-state index in [2.05, 4.69) is 10.1 Å². The van der Waals surface area contributed by atoms with Crippen LogP contribution < -0.4 is 5.32 Å². The first-order valence-electron chi connectivity index (χ1n) is 6.17. The monoisotopic (exact) mass is 290 g/mol. The van der Waals surface area contributed by atoms with E-state index in [-0.39, 0.29) is 18.0 Å². The molecule has 0 bridgehead atoms. The van der Waals surface area contributed by atoms with Gasteiger partial charge in [-0.25, -0.2) is 4.79 Å². The van der Waals surface area contributed by atoms with Crippen molar-refractivity contribution >= 4 is 17.3 Å². The van der Waals surface area contributed by atoms with Crippen molar-refractivity contribution in [3.63, 3.8) is 0 Å². The molecule has 0 fully saturated rings. The SMILES string of the molecule is COC(=O)c1ccc(CNc2cc(C)ccc2[N+](=O)[O-])o1. The Labute approximate surface area is 120 Å². The molecular weight excluding hydrogens is 276 g/mol. The molecule has 0 aliphatic heterocycles. The molecular formula is C14H14N2O5. The van der Waals surface area contributed by atoms with Gasteiger partial charge in [-0.05, 0) is 30.7 Å². The summed E-state index contributed by atoms with van der Waals surface area (Å²) in [5, 5.41) is 13.9. The fourth-order valence-corrected chi connectivity index (χ4v) is 1.82. The summed E-state index contributed by atoms with van der Waals surface area (Å²) in [5.74, 6) is 0.00188. The highest BCUT2D eigenvalue weighted by Gasteiger charge is 2.15. The molecule has 1 aromatic carbocycles. The van der Waals surface area contributed by atoms with Crippen molar-refractivity contribution in [3.05, 3.63) is 57.5 Å². The number of aryl methyl sites for hydroxylation is 1. The van der Waals surface area contributed by atoms with Crippen LogP contribution in [0.3, 0.4) is 0 Å². The fourth-order valence-electron chi connectivity index (χ4n) is 1.82. The number of nitrogens with one attached hydrogen (secondary N) is 1. The molecule has 0 saturated heterocycles. The van der Waals surface area contributed by atoms with Gasteiger partial charge in [0.15, 0.2) is 0 Å². The van der Waals surface area contributed by atoms with E-state index in [1.54, 1.807) is 18.2 Å². The minimum atomic E-state index is -0.567. The van der Waals surface area contributed by atoms with E-state index in [0.29, 0.717) is 11.4 Å². The number of benzene rings is 1. The number of carbonyl (C=O) groups is 1. The average Bonchev–Trinajstić information content (AvgIpc) is 2.93. The fraction of sp³-hybridized carbons (Fsp3) is 0.214. The van der Waals surface area contributed by atoms with E-state index in [4.69, 9.17) is 4.42 Å². The maximum Gasteiger partial charge on any atom is 0.373 e. The van der Waals surface area contributed by atoms with E-state index < -0.39 is 10.9 Å². The van der Waals surface area contributed by atoms with Crippen molar-refractivity contribution in [1.29, 1.82) is 0 Å². The smallest absolute Gasteiger partial charge is 0.373 e. The number of esters is 1. The highest BCUT2D eigenvalue weighted by atomic mass is 16.6. The van der Waals surface area contributed by atoms with Gasteiger partial charge in [0, 0.05) is 6.07 Å². The molecule has 0 radical (unpaired) electrons. The Morgan fingerprint density at radius 2 is 2.14 bits per heavy atom. The van der Waals surface area contributed by atoms with E-state index in [9.17, 15) is 14.9 Å². The van der Waals surface area contributed by atoms with Crippen LogP contribution in [0.25, 0.3) is 0 Å². The lowest BCUT2D eigenvalue weighted by Crippen LogP contribution is -2.03.